The topological polar surface area (TPSA) is 64.1 Å². The highest BCUT2D eigenvalue weighted by atomic mass is 16.3. The molecule has 0 aliphatic heterocycles. The van der Waals surface area contributed by atoms with E-state index in [1.165, 1.54) is 32.1 Å². The van der Waals surface area contributed by atoms with Crippen molar-refractivity contribution in [3.8, 4) is 0 Å². The van der Waals surface area contributed by atoms with Crippen LogP contribution in [0.5, 0.6) is 0 Å². The largest absolute Gasteiger partial charge is 0.395 e. The molecule has 1 atom stereocenters. The van der Waals surface area contributed by atoms with Gasteiger partial charge in [-0.05, 0) is 12.8 Å². The van der Waals surface area contributed by atoms with Crippen molar-refractivity contribution in [1.82, 2.24) is 9.55 Å². The Labute approximate surface area is 96.5 Å². The van der Waals surface area contributed by atoms with E-state index in [1.54, 1.807) is 0 Å². The highest BCUT2D eigenvalue weighted by Gasteiger charge is 2.15. The van der Waals surface area contributed by atoms with Gasteiger partial charge in [0.05, 0.1) is 18.6 Å². The van der Waals surface area contributed by atoms with E-state index < -0.39 is 0 Å². The van der Waals surface area contributed by atoms with Crippen molar-refractivity contribution in [3.63, 3.8) is 0 Å². The molecule has 3 N–H and O–H groups in total. The van der Waals surface area contributed by atoms with Crippen LogP contribution in [0.1, 0.15) is 43.8 Å². The first-order valence-corrected chi connectivity index (χ1v) is 6.18. The molecule has 1 saturated carbocycles. The maximum Gasteiger partial charge on any atom is 0.0951 e. The molecule has 1 fully saturated rings. The molecule has 1 aliphatic carbocycles. The van der Waals surface area contributed by atoms with Gasteiger partial charge in [0.2, 0.25) is 0 Å². The number of aliphatic hydroxyl groups excluding tert-OH is 1. The molecule has 16 heavy (non-hydrogen) atoms. The highest BCUT2D eigenvalue weighted by molar-refractivity contribution is 5.00. The lowest BCUT2D eigenvalue weighted by atomic mass is 9.95. The van der Waals surface area contributed by atoms with Gasteiger partial charge in [0.15, 0.2) is 0 Å². The lowest BCUT2D eigenvalue weighted by molar-refractivity contribution is 0.264. The molecule has 4 heteroatoms. The molecule has 0 amide bonds. The maximum absolute atomic E-state index is 8.89. The Kier molecular flexibility index (Phi) is 3.96. The van der Waals surface area contributed by atoms with Gasteiger partial charge < -0.3 is 15.4 Å². The first-order valence-electron chi connectivity index (χ1n) is 6.18. The second kappa shape index (κ2) is 5.46. The number of rotatable bonds is 4. The molecule has 90 valence electrons. The maximum atomic E-state index is 8.89. The second-order valence-electron chi connectivity index (χ2n) is 4.75. The Bertz CT molecular complexity index is 318. The zero-order valence-electron chi connectivity index (χ0n) is 9.68. The van der Waals surface area contributed by atoms with E-state index >= 15 is 0 Å². The van der Waals surface area contributed by atoms with Crippen molar-refractivity contribution in [2.24, 2.45) is 5.73 Å². The van der Waals surface area contributed by atoms with Crippen LogP contribution in [0.4, 0.5) is 0 Å². The summed E-state index contributed by atoms with van der Waals surface area (Å²) < 4.78 is 2.22. The molecule has 0 unspecified atom stereocenters. The van der Waals surface area contributed by atoms with E-state index in [0.29, 0.717) is 12.5 Å². The molecule has 0 bridgehead atoms. The standard InChI is InChI=1S/C12H21N3O/c13-10(8-16)6-11-7-15(9-14-11)12-4-2-1-3-5-12/h7,9-10,12,16H,1-6,8,13H2/t10-/m0/s1. The van der Waals surface area contributed by atoms with Gasteiger partial charge in [-0.1, -0.05) is 19.3 Å². The van der Waals surface area contributed by atoms with Crippen molar-refractivity contribution < 1.29 is 5.11 Å². The number of nitrogens with zero attached hydrogens (tertiary/aromatic N) is 2. The quantitative estimate of drug-likeness (QED) is 0.807. The van der Waals surface area contributed by atoms with Crippen molar-refractivity contribution in [3.05, 3.63) is 18.2 Å². The fourth-order valence-corrected chi connectivity index (χ4v) is 2.40. The molecule has 0 aromatic carbocycles. The number of hydrogen-bond donors (Lipinski definition) is 2. The number of aliphatic hydroxyl groups is 1. The molecule has 0 spiro atoms. The molecule has 2 rings (SSSR count). The molecule has 1 aromatic rings. The molecular weight excluding hydrogens is 202 g/mol. The van der Waals surface area contributed by atoms with E-state index in [0.717, 1.165) is 5.69 Å². The summed E-state index contributed by atoms with van der Waals surface area (Å²) in [5.74, 6) is 0. The van der Waals surface area contributed by atoms with Crippen LogP contribution in [0.3, 0.4) is 0 Å². The third-order valence-electron chi connectivity index (χ3n) is 3.36. The van der Waals surface area contributed by atoms with Crippen LogP contribution < -0.4 is 5.73 Å². The number of imidazole rings is 1. The average Bonchev–Trinajstić information content (AvgIpc) is 2.78. The average molecular weight is 223 g/mol. The summed E-state index contributed by atoms with van der Waals surface area (Å²) in [6.07, 6.45) is 11.2. The van der Waals surface area contributed by atoms with E-state index in [-0.39, 0.29) is 12.6 Å². The Morgan fingerprint density at radius 3 is 2.88 bits per heavy atom. The summed E-state index contributed by atoms with van der Waals surface area (Å²) in [5, 5.41) is 8.89. The van der Waals surface area contributed by atoms with Crippen LogP contribution in [0, 0.1) is 0 Å². The monoisotopic (exact) mass is 223 g/mol. The van der Waals surface area contributed by atoms with Crippen molar-refractivity contribution in [2.45, 2.75) is 50.6 Å². The van der Waals surface area contributed by atoms with Crippen LogP contribution in [0.2, 0.25) is 0 Å². The van der Waals surface area contributed by atoms with Crippen molar-refractivity contribution in [1.29, 1.82) is 0 Å². The zero-order chi connectivity index (χ0) is 11.4. The Morgan fingerprint density at radius 2 is 2.19 bits per heavy atom. The predicted octanol–water partition coefficient (Wildman–Crippen LogP) is 1.25. The summed E-state index contributed by atoms with van der Waals surface area (Å²) in [4.78, 5) is 4.35. The smallest absolute Gasteiger partial charge is 0.0951 e. The normalized spacial score (nSPS) is 19.9. The van der Waals surface area contributed by atoms with Gasteiger partial charge in [0, 0.05) is 24.7 Å². The zero-order valence-corrected chi connectivity index (χ0v) is 9.68. The molecule has 4 nitrogen and oxygen atoms in total. The fourth-order valence-electron chi connectivity index (χ4n) is 2.40. The third-order valence-corrected chi connectivity index (χ3v) is 3.36. The first kappa shape index (κ1) is 11.6. The van der Waals surface area contributed by atoms with Gasteiger partial charge in [0.1, 0.15) is 0 Å². The minimum Gasteiger partial charge on any atom is -0.395 e. The summed E-state index contributed by atoms with van der Waals surface area (Å²) >= 11 is 0. The summed E-state index contributed by atoms with van der Waals surface area (Å²) in [7, 11) is 0. The molecule has 1 aromatic heterocycles. The molecule has 1 aliphatic rings. The highest BCUT2D eigenvalue weighted by Crippen LogP contribution is 2.27. The minimum absolute atomic E-state index is 0.0241. The molecular formula is C12H21N3O. The van der Waals surface area contributed by atoms with Gasteiger partial charge >= 0.3 is 0 Å². The van der Waals surface area contributed by atoms with Crippen LogP contribution in [-0.4, -0.2) is 27.3 Å². The van der Waals surface area contributed by atoms with Crippen molar-refractivity contribution in [2.75, 3.05) is 6.61 Å². The van der Waals surface area contributed by atoms with E-state index in [2.05, 4.69) is 15.7 Å². The van der Waals surface area contributed by atoms with Crippen LogP contribution in [0.25, 0.3) is 0 Å². The second-order valence-corrected chi connectivity index (χ2v) is 4.75. The SMILES string of the molecule is N[C@H](CO)Cc1cn(C2CCCCC2)cn1. The van der Waals surface area contributed by atoms with Crippen LogP contribution in [-0.2, 0) is 6.42 Å². The molecule has 0 radical (unpaired) electrons. The van der Waals surface area contributed by atoms with Gasteiger partial charge in [-0.2, -0.15) is 0 Å². The fraction of sp³-hybridized carbons (Fsp3) is 0.750. The number of hydrogen-bond acceptors (Lipinski definition) is 3. The number of nitrogens with two attached hydrogens (primary N) is 1. The number of aromatic nitrogens is 2. The van der Waals surface area contributed by atoms with E-state index in [1.807, 2.05) is 6.33 Å². The molecule has 0 saturated heterocycles. The summed E-state index contributed by atoms with van der Waals surface area (Å²) in [6.45, 7) is 0.0241. The first-order chi connectivity index (χ1) is 7.79. The Morgan fingerprint density at radius 1 is 1.44 bits per heavy atom. The Balaban J connectivity index is 1.95. The van der Waals surface area contributed by atoms with E-state index in [4.69, 9.17) is 10.8 Å². The van der Waals surface area contributed by atoms with Gasteiger partial charge in [-0.3, -0.25) is 0 Å². The van der Waals surface area contributed by atoms with Gasteiger partial charge in [0.25, 0.3) is 0 Å². The summed E-state index contributed by atoms with van der Waals surface area (Å²) in [6, 6.07) is 0.440. The Hall–Kier alpha value is -0.870. The minimum atomic E-state index is -0.185. The van der Waals surface area contributed by atoms with Crippen molar-refractivity contribution >= 4 is 0 Å². The third kappa shape index (κ3) is 2.83. The van der Waals surface area contributed by atoms with E-state index in [9.17, 15) is 0 Å². The molecule has 1 heterocycles. The van der Waals surface area contributed by atoms with Crippen LogP contribution >= 0.6 is 0 Å². The predicted molar refractivity (Wildman–Crippen MR) is 63.1 cm³/mol. The lowest BCUT2D eigenvalue weighted by Gasteiger charge is -2.22. The lowest BCUT2D eigenvalue weighted by Crippen LogP contribution is -2.26. The van der Waals surface area contributed by atoms with Gasteiger partial charge in [-0.15, -0.1) is 0 Å². The van der Waals surface area contributed by atoms with Crippen LogP contribution in [0.15, 0.2) is 12.5 Å². The summed E-state index contributed by atoms with van der Waals surface area (Å²) in [5.41, 5.74) is 6.69. The van der Waals surface area contributed by atoms with Gasteiger partial charge in [-0.25, -0.2) is 4.98 Å².